The van der Waals surface area contributed by atoms with Crippen LogP contribution in [0.3, 0.4) is 0 Å². The number of hydrogen-bond acceptors (Lipinski definition) is 6. The van der Waals surface area contributed by atoms with E-state index in [1.165, 1.54) is 0 Å². The Morgan fingerprint density at radius 1 is 1.50 bits per heavy atom. The molecule has 0 amide bonds. The monoisotopic (exact) mass is 386 g/mol. The van der Waals surface area contributed by atoms with E-state index >= 15 is 0 Å². The van der Waals surface area contributed by atoms with Gasteiger partial charge in [-0.1, -0.05) is 19.4 Å². The summed E-state index contributed by atoms with van der Waals surface area (Å²) >= 11 is 0. The van der Waals surface area contributed by atoms with Crippen LogP contribution in [-0.4, -0.2) is 60.6 Å². The van der Waals surface area contributed by atoms with Crippen LogP contribution in [0.1, 0.15) is 55.1 Å². The first-order valence-corrected chi connectivity index (χ1v) is 9.49. The number of pyridine rings is 1. The van der Waals surface area contributed by atoms with Gasteiger partial charge >= 0.3 is 5.97 Å². The Labute approximate surface area is 163 Å². The maximum atomic E-state index is 11.8. The van der Waals surface area contributed by atoms with Crippen LogP contribution < -0.4 is 5.73 Å². The zero-order valence-corrected chi connectivity index (χ0v) is 15.9. The number of guanidine groups is 1. The van der Waals surface area contributed by atoms with Crippen molar-refractivity contribution >= 4 is 11.9 Å². The summed E-state index contributed by atoms with van der Waals surface area (Å²) in [6.45, 7) is 3.43. The van der Waals surface area contributed by atoms with Crippen LogP contribution in [0.15, 0.2) is 18.3 Å². The molecule has 1 aliphatic rings. The predicted molar refractivity (Wildman–Crippen MR) is 102 cm³/mol. The van der Waals surface area contributed by atoms with Gasteiger partial charge < -0.3 is 15.7 Å². The quantitative estimate of drug-likeness (QED) is 0.388. The third-order valence-corrected chi connectivity index (χ3v) is 5.37. The normalized spacial score (nSPS) is 18.8. The van der Waals surface area contributed by atoms with Gasteiger partial charge in [0.1, 0.15) is 0 Å². The minimum Gasteiger partial charge on any atom is -0.481 e. The first kappa shape index (κ1) is 19.7. The summed E-state index contributed by atoms with van der Waals surface area (Å²) in [6.07, 6.45) is 4.52. The van der Waals surface area contributed by atoms with Crippen molar-refractivity contribution in [2.24, 2.45) is 11.7 Å². The van der Waals surface area contributed by atoms with E-state index in [2.05, 4.69) is 25.6 Å². The number of rotatable bonds is 8. The highest BCUT2D eigenvalue weighted by molar-refractivity contribution is 5.75. The summed E-state index contributed by atoms with van der Waals surface area (Å²) in [4.78, 5) is 18.2. The molecule has 150 valence electrons. The molecule has 10 nitrogen and oxygen atoms in total. The average molecular weight is 386 g/mol. The lowest BCUT2D eigenvalue weighted by atomic mass is 9.83. The molecule has 1 unspecified atom stereocenters. The number of nitrogens with zero attached hydrogens (tertiary/aromatic N) is 5. The average Bonchev–Trinajstić information content (AvgIpc) is 3.36. The Hall–Kier alpha value is -3.04. The van der Waals surface area contributed by atoms with Gasteiger partial charge in [-0.3, -0.25) is 15.2 Å². The van der Waals surface area contributed by atoms with Crippen molar-refractivity contribution in [3.8, 4) is 0 Å². The molecule has 10 heteroatoms. The number of carboxylic acids is 1. The molecule has 5 N–H and O–H groups in total. The number of tetrazole rings is 1. The Morgan fingerprint density at radius 3 is 2.86 bits per heavy atom. The molecular formula is C18H26N8O2. The maximum absolute atomic E-state index is 11.8. The second kappa shape index (κ2) is 8.77. The fourth-order valence-electron chi connectivity index (χ4n) is 3.83. The Kier molecular flexibility index (Phi) is 6.17. The minimum atomic E-state index is -0.844. The number of aromatic amines is 1. The molecule has 0 spiro atoms. The fourth-order valence-corrected chi connectivity index (χ4v) is 3.83. The van der Waals surface area contributed by atoms with Crippen LogP contribution in [0, 0.1) is 11.3 Å². The van der Waals surface area contributed by atoms with Gasteiger partial charge in [-0.2, -0.15) is 0 Å². The second-order valence-corrected chi connectivity index (χ2v) is 7.24. The summed E-state index contributed by atoms with van der Waals surface area (Å²) in [5, 5.41) is 31.1. The topological polar surface area (TPSA) is 158 Å². The molecule has 1 fully saturated rings. The first-order chi connectivity index (χ1) is 13.5. The van der Waals surface area contributed by atoms with Gasteiger partial charge in [0.15, 0.2) is 11.8 Å². The van der Waals surface area contributed by atoms with Gasteiger partial charge in [-0.15, -0.1) is 5.10 Å². The molecule has 2 aromatic rings. The summed E-state index contributed by atoms with van der Waals surface area (Å²) in [5.41, 5.74) is 7.47. The summed E-state index contributed by atoms with van der Waals surface area (Å²) in [7, 11) is 0. The van der Waals surface area contributed by atoms with Crippen molar-refractivity contribution in [1.29, 1.82) is 5.41 Å². The number of likely N-dealkylation sites (tertiary alicyclic amines) is 1. The van der Waals surface area contributed by atoms with Crippen LogP contribution in [0.2, 0.25) is 0 Å². The van der Waals surface area contributed by atoms with Crippen LogP contribution in [0.4, 0.5) is 0 Å². The number of aromatic nitrogens is 5. The fraction of sp³-hybridized carbons (Fsp3) is 0.556. The highest BCUT2D eigenvalue weighted by Crippen LogP contribution is 2.30. The van der Waals surface area contributed by atoms with Gasteiger partial charge in [0.05, 0.1) is 5.92 Å². The number of aliphatic carboxylic acids is 1. The molecule has 0 saturated carbocycles. The number of carbonyl (C=O) groups is 1. The first-order valence-electron chi connectivity index (χ1n) is 9.49. The number of carboxylic acid groups (broad SMARTS) is 1. The van der Waals surface area contributed by atoms with Gasteiger partial charge in [0.2, 0.25) is 0 Å². The molecule has 1 saturated heterocycles. The zero-order valence-electron chi connectivity index (χ0n) is 15.9. The van der Waals surface area contributed by atoms with E-state index in [0.29, 0.717) is 25.2 Å². The third kappa shape index (κ3) is 4.44. The number of nitrogens with two attached hydrogens (primary N) is 1. The van der Waals surface area contributed by atoms with E-state index in [4.69, 9.17) is 11.1 Å². The smallest absolute Gasteiger partial charge is 0.307 e. The summed E-state index contributed by atoms with van der Waals surface area (Å²) in [5.74, 6) is -0.934. The predicted octanol–water partition coefficient (Wildman–Crippen LogP) is 1.10. The van der Waals surface area contributed by atoms with E-state index in [1.807, 2.05) is 24.0 Å². The number of hydrogen-bond donors (Lipinski definition) is 4. The van der Waals surface area contributed by atoms with Crippen LogP contribution in [0.25, 0.3) is 0 Å². The van der Waals surface area contributed by atoms with E-state index in [1.54, 1.807) is 6.20 Å². The van der Waals surface area contributed by atoms with E-state index in [9.17, 15) is 9.90 Å². The SMILES string of the molecule is CCC[C@H](C(=O)O)[C@H](Cc1ccc(C2CCN(C(=N)N)C2)nc1)c1nnn[nH]1. The Bertz CT molecular complexity index is 792. The van der Waals surface area contributed by atoms with E-state index in [0.717, 1.165) is 30.6 Å². The van der Waals surface area contributed by atoms with Crippen LogP contribution >= 0.6 is 0 Å². The summed E-state index contributed by atoms with van der Waals surface area (Å²) < 4.78 is 0. The van der Waals surface area contributed by atoms with Crippen molar-refractivity contribution in [2.75, 3.05) is 13.1 Å². The van der Waals surface area contributed by atoms with Crippen molar-refractivity contribution < 1.29 is 9.90 Å². The molecule has 0 bridgehead atoms. The molecule has 0 radical (unpaired) electrons. The van der Waals surface area contributed by atoms with Gasteiger partial charge in [0.25, 0.3) is 0 Å². The molecule has 0 aromatic carbocycles. The van der Waals surface area contributed by atoms with E-state index < -0.39 is 11.9 Å². The highest BCUT2D eigenvalue weighted by Gasteiger charge is 2.32. The maximum Gasteiger partial charge on any atom is 0.307 e. The summed E-state index contributed by atoms with van der Waals surface area (Å²) in [6, 6.07) is 3.97. The lowest BCUT2D eigenvalue weighted by Crippen LogP contribution is -2.34. The van der Waals surface area contributed by atoms with E-state index in [-0.39, 0.29) is 17.8 Å². The zero-order chi connectivity index (χ0) is 20.1. The minimum absolute atomic E-state index is 0.0956. The van der Waals surface area contributed by atoms with Gasteiger partial charge in [-0.25, -0.2) is 5.10 Å². The van der Waals surface area contributed by atoms with Crippen LogP contribution in [-0.2, 0) is 11.2 Å². The molecule has 2 aromatic heterocycles. The Morgan fingerprint density at radius 2 is 2.32 bits per heavy atom. The number of nitrogens with one attached hydrogen (secondary N) is 2. The number of H-pyrrole nitrogens is 1. The van der Waals surface area contributed by atoms with Crippen molar-refractivity contribution in [1.82, 2.24) is 30.5 Å². The molecule has 0 aliphatic carbocycles. The standard InChI is InChI=1S/C18H26N8O2/c1-2-3-13(17(27)28)14(16-22-24-25-23-16)8-11-4-5-15(21-9-11)12-6-7-26(10-12)18(19)20/h4-5,9,12-14H,2-3,6-8,10H2,1H3,(H3,19,20)(H,27,28)(H,22,23,24,25)/t12?,13-,14-/m0/s1. The molecule has 3 rings (SSSR count). The second-order valence-electron chi connectivity index (χ2n) is 7.24. The highest BCUT2D eigenvalue weighted by atomic mass is 16.4. The third-order valence-electron chi connectivity index (χ3n) is 5.37. The molecule has 1 aliphatic heterocycles. The molecular weight excluding hydrogens is 360 g/mol. The molecule has 3 heterocycles. The lowest BCUT2D eigenvalue weighted by molar-refractivity contribution is -0.142. The molecule has 3 atom stereocenters. The Balaban J connectivity index is 1.74. The van der Waals surface area contributed by atoms with Crippen molar-refractivity contribution in [3.05, 3.63) is 35.4 Å². The van der Waals surface area contributed by atoms with Crippen LogP contribution in [0.5, 0.6) is 0 Å². The lowest BCUT2D eigenvalue weighted by Gasteiger charge is -2.21. The van der Waals surface area contributed by atoms with Crippen molar-refractivity contribution in [3.63, 3.8) is 0 Å². The van der Waals surface area contributed by atoms with Gasteiger partial charge in [-0.05, 0) is 41.3 Å². The largest absolute Gasteiger partial charge is 0.481 e. The van der Waals surface area contributed by atoms with Gasteiger partial charge in [0, 0.05) is 36.8 Å². The molecule has 28 heavy (non-hydrogen) atoms. The van der Waals surface area contributed by atoms with Crippen molar-refractivity contribution in [2.45, 2.75) is 44.4 Å².